The fourth-order valence-electron chi connectivity index (χ4n) is 2.29. The molecule has 0 aliphatic carbocycles. The first-order chi connectivity index (χ1) is 12.5. The second-order valence-electron chi connectivity index (χ2n) is 5.24. The van der Waals surface area contributed by atoms with Gasteiger partial charge in [0.2, 0.25) is 0 Å². The van der Waals surface area contributed by atoms with Gasteiger partial charge in [0.15, 0.2) is 17.2 Å². The Morgan fingerprint density at radius 3 is 2.96 bits per heavy atom. The third kappa shape index (κ3) is 3.28. The summed E-state index contributed by atoms with van der Waals surface area (Å²) in [5, 5.41) is 10.7. The summed E-state index contributed by atoms with van der Waals surface area (Å²) in [6.07, 6.45) is 4.48. The molecule has 0 aromatic carbocycles. The highest BCUT2D eigenvalue weighted by atomic mass is 16.5. The molecule has 0 aliphatic heterocycles. The molecule has 11 nitrogen and oxygen atoms in total. The lowest BCUT2D eigenvalue weighted by Gasteiger charge is -2.02. The van der Waals surface area contributed by atoms with Crippen LogP contribution in [-0.4, -0.2) is 56.6 Å². The van der Waals surface area contributed by atoms with Gasteiger partial charge in [-0.25, -0.2) is 14.5 Å². The number of fused-ring (bicyclic) bond motifs is 1. The molecule has 2 amide bonds. The van der Waals surface area contributed by atoms with Gasteiger partial charge in [0.05, 0.1) is 25.0 Å². The van der Waals surface area contributed by atoms with Crippen LogP contribution in [0.2, 0.25) is 0 Å². The molecule has 3 rings (SSSR count). The molecule has 3 heterocycles. The quantitative estimate of drug-likeness (QED) is 0.581. The minimum atomic E-state index is -0.757. The Labute approximate surface area is 147 Å². The molecule has 0 aliphatic rings. The smallest absolute Gasteiger partial charge is 0.271 e. The lowest BCUT2D eigenvalue weighted by molar-refractivity contribution is 0.0995. The van der Waals surface area contributed by atoms with Crippen molar-refractivity contribution in [3.05, 3.63) is 35.9 Å². The van der Waals surface area contributed by atoms with Crippen LogP contribution in [0.4, 0.5) is 11.5 Å². The van der Waals surface area contributed by atoms with Gasteiger partial charge in [0.1, 0.15) is 5.56 Å². The SMILES string of the molecule is C=Nc1ccn2ncc(C(=O)Nc3cn(CCOC)nc3C(N)=O)c2n1. The van der Waals surface area contributed by atoms with Crippen LogP contribution >= 0.6 is 0 Å². The Morgan fingerprint density at radius 2 is 2.27 bits per heavy atom. The standard InChI is InChI=1S/C15H16N8O3/c1-17-11-3-4-23-14(20-11)9(7-18-23)15(25)19-10-8-22(5-6-26-2)21-12(10)13(16)24/h3-4,7-8H,1,5-6H2,2H3,(H2,16,24)(H,19,25). The van der Waals surface area contributed by atoms with E-state index in [1.807, 2.05) is 0 Å². The molecule has 134 valence electrons. The van der Waals surface area contributed by atoms with E-state index in [0.717, 1.165) is 0 Å². The van der Waals surface area contributed by atoms with Crippen LogP contribution in [0.25, 0.3) is 5.65 Å². The molecule has 0 radical (unpaired) electrons. The monoisotopic (exact) mass is 356 g/mol. The second kappa shape index (κ2) is 7.11. The molecule has 0 spiro atoms. The average Bonchev–Trinajstić information content (AvgIpc) is 3.23. The first-order valence-corrected chi connectivity index (χ1v) is 7.52. The number of rotatable bonds is 7. The molecule has 3 N–H and O–H groups in total. The molecule has 26 heavy (non-hydrogen) atoms. The van der Waals surface area contributed by atoms with E-state index in [1.165, 1.54) is 21.6 Å². The molecular weight excluding hydrogens is 340 g/mol. The molecule has 0 saturated heterocycles. The summed E-state index contributed by atoms with van der Waals surface area (Å²) in [5.74, 6) is -0.910. The number of aromatic nitrogens is 5. The average molecular weight is 356 g/mol. The van der Waals surface area contributed by atoms with Crippen molar-refractivity contribution >= 4 is 35.7 Å². The van der Waals surface area contributed by atoms with Gasteiger partial charge in [-0.05, 0) is 6.72 Å². The lowest BCUT2D eigenvalue weighted by Crippen LogP contribution is -2.18. The van der Waals surface area contributed by atoms with Crippen LogP contribution in [0, 0.1) is 0 Å². The Bertz CT molecular complexity index is 990. The van der Waals surface area contributed by atoms with Crippen molar-refractivity contribution < 1.29 is 14.3 Å². The summed E-state index contributed by atoms with van der Waals surface area (Å²) >= 11 is 0. The number of ether oxygens (including phenoxy) is 1. The van der Waals surface area contributed by atoms with Crippen LogP contribution < -0.4 is 11.1 Å². The maximum absolute atomic E-state index is 12.6. The van der Waals surface area contributed by atoms with Crippen LogP contribution in [0.15, 0.2) is 29.6 Å². The topological polar surface area (TPSA) is 142 Å². The summed E-state index contributed by atoms with van der Waals surface area (Å²) < 4.78 is 7.86. The summed E-state index contributed by atoms with van der Waals surface area (Å²) in [4.78, 5) is 32.1. The van der Waals surface area contributed by atoms with Crippen molar-refractivity contribution in [3.8, 4) is 0 Å². The molecule has 0 fully saturated rings. The fourth-order valence-corrected chi connectivity index (χ4v) is 2.29. The van der Waals surface area contributed by atoms with E-state index < -0.39 is 11.8 Å². The largest absolute Gasteiger partial charge is 0.383 e. The van der Waals surface area contributed by atoms with Crippen LogP contribution in [-0.2, 0) is 11.3 Å². The van der Waals surface area contributed by atoms with E-state index in [0.29, 0.717) is 24.6 Å². The van der Waals surface area contributed by atoms with E-state index in [1.54, 1.807) is 19.4 Å². The first kappa shape index (κ1) is 17.2. The number of anilines is 1. The highest BCUT2D eigenvalue weighted by Gasteiger charge is 2.20. The van der Waals surface area contributed by atoms with Gasteiger partial charge < -0.3 is 15.8 Å². The van der Waals surface area contributed by atoms with Crippen molar-refractivity contribution in [2.24, 2.45) is 10.7 Å². The Morgan fingerprint density at radius 1 is 1.46 bits per heavy atom. The summed E-state index contributed by atoms with van der Waals surface area (Å²) in [6, 6.07) is 1.61. The molecule has 0 bridgehead atoms. The molecule has 11 heteroatoms. The first-order valence-electron chi connectivity index (χ1n) is 7.52. The van der Waals surface area contributed by atoms with Crippen LogP contribution in [0.1, 0.15) is 20.8 Å². The Hall–Kier alpha value is -3.60. The van der Waals surface area contributed by atoms with Crippen molar-refractivity contribution in [3.63, 3.8) is 0 Å². The number of carbonyl (C=O) groups is 2. The van der Waals surface area contributed by atoms with Gasteiger partial charge >= 0.3 is 0 Å². The predicted molar refractivity (Wildman–Crippen MR) is 92.8 cm³/mol. The van der Waals surface area contributed by atoms with Gasteiger partial charge in [-0.2, -0.15) is 10.2 Å². The highest BCUT2D eigenvalue weighted by Crippen LogP contribution is 2.18. The lowest BCUT2D eigenvalue weighted by atomic mass is 10.3. The number of primary amides is 1. The van der Waals surface area contributed by atoms with Gasteiger partial charge in [0, 0.05) is 25.6 Å². The van der Waals surface area contributed by atoms with E-state index >= 15 is 0 Å². The minimum absolute atomic E-state index is 0.0488. The van der Waals surface area contributed by atoms with E-state index in [-0.39, 0.29) is 16.9 Å². The molecular formula is C15H16N8O3. The maximum atomic E-state index is 12.6. The van der Waals surface area contributed by atoms with Crippen LogP contribution in [0.3, 0.4) is 0 Å². The van der Waals surface area contributed by atoms with Gasteiger partial charge in [-0.15, -0.1) is 0 Å². The highest BCUT2D eigenvalue weighted by molar-refractivity contribution is 6.10. The van der Waals surface area contributed by atoms with Gasteiger partial charge in [0.25, 0.3) is 11.8 Å². The number of nitrogens with zero attached hydrogens (tertiary/aromatic N) is 6. The number of hydrogen-bond donors (Lipinski definition) is 2. The van der Waals surface area contributed by atoms with Crippen molar-refractivity contribution in [1.29, 1.82) is 0 Å². The molecule has 3 aromatic rings. The number of aliphatic imine (C=N–C) groups is 1. The molecule has 3 aromatic heterocycles. The predicted octanol–water partition coefficient (Wildman–Crippen LogP) is 0.255. The number of nitrogens with one attached hydrogen (secondary N) is 1. The maximum Gasteiger partial charge on any atom is 0.271 e. The summed E-state index contributed by atoms with van der Waals surface area (Å²) in [5.41, 5.74) is 5.99. The van der Waals surface area contributed by atoms with E-state index in [4.69, 9.17) is 10.5 Å². The fraction of sp³-hybridized carbons (Fsp3) is 0.200. The molecule has 0 saturated carbocycles. The number of nitrogens with two attached hydrogens (primary N) is 1. The number of carbonyl (C=O) groups excluding carboxylic acids is 2. The van der Waals surface area contributed by atoms with E-state index in [9.17, 15) is 9.59 Å². The second-order valence-corrected chi connectivity index (χ2v) is 5.24. The van der Waals surface area contributed by atoms with Crippen molar-refractivity contribution in [2.45, 2.75) is 6.54 Å². The van der Waals surface area contributed by atoms with Gasteiger partial charge in [-0.3, -0.25) is 14.3 Å². The zero-order chi connectivity index (χ0) is 18.7. The Kier molecular flexibility index (Phi) is 4.71. The summed E-state index contributed by atoms with van der Waals surface area (Å²) in [6.45, 7) is 4.20. The van der Waals surface area contributed by atoms with Gasteiger partial charge in [-0.1, -0.05) is 0 Å². The van der Waals surface area contributed by atoms with Crippen molar-refractivity contribution in [1.82, 2.24) is 24.4 Å². The number of methoxy groups -OCH3 is 1. The number of hydrogen-bond acceptors (Lipinski definition) is 7. The van der Waals surface area contributed by atoms with Crippen molar-refractivity contribution in [2.75, 3.05) is 19.0 Å². The molecule has 0 atom stereocenters. The third-order valence-electron chi connectivity index (χ3n) is 3.53. The van der Waals surface area contributed by atoms with Crippen LogP contribution in [0.5, 0.6) is 0 Å². The third-order valence-corrected chi connectivity index (χ3v) is 3.53. The minimum Gasteiger partial charge on any atom is -0.383 e. The molecule has 0 unspecified atom stereocenters. The summed E-state index contributed by atoms with van der Waals surface area (Å²) in [7, 11) is 1.55. The zero-order valence-corrected chi connectivity index (χ0v) is 13.9. The zero-order valence-electron chi connectivity index (χ0n) is 13.9. The normalized spacial score (nSPS) is 10.8. The number of amides is 2. The van der Waals surface area contributed by atoms with E-state index in [2.05, 4.69) is 32.2 Å². The Balaban J connectivity index is 1.91.